The van der Waals surface area contributed by atoms with Gasteiger partial charge in [0.05, 0.1) is 12.2 Å². The van der Waals surface area contributed by atoms with Gasteiger partial charge in [-0.3, -0.25) is 9.69 Å². The molecule has 2 rings (SSSR count). The monoisotopic (exact) mass is 352 g/mol. The van der Waals surface area contributed by atoms with Crippen molar-refractivity contribution >= 4 is 27.5 Å². The molecular weight excluding hydrogens is 328 g/mol. The van der Waals surface area contributed by atoms with Crippen LogP contribution in [0.3, 0.4) is 0 Å². The highest BCUT2D eigenvalue weighted by Gasteiger charge is 2.17. The molecule has 1 aromatic rings. The van der Waals surface area contributed by atoms with Crippen LogP contribution in [0, 0.1) is 12.8 Å². The lowest BCUT2D eigenvalue weighted by Crippen LogP contribution is -2.34. The summed E-state index contributed by atoms with van der Waals surface area (Å²) >= 11 is 3.49. The van der Waals surface area contributed by atoms with Crippen molar-refractivity contribution in [3.8, 4) is 0 Å². The first-order valence-electron chi connectivity index (χ1n) is 7.79. The van der Waals surface area contributed by atoms with E-state index < -0.39 is 0 Å². The van der Waals surface area contributed by atoms with Crippen molar-refractivity contribution in [1.29, 1.82) is 0 Å². The normalized spacial score (nSPS) is 16.2. The number of benzene rings is 1. The summed E-state index contributed by atoms with van der Waals surface area (Å²) in [5.74, 6) is 0.820. The number of carbonyl (C=O) groups is 1. The Morgan fingerprint density at radius 1 is 1.33 bits per heavy atom. The second-order valence-corrected chi connectivity index (χ2v) is 7.09. The Bertz CT molecular complexity index is 484. The Morgan fingerprint density at radius 2 is 2.05 bits per heavy atom. The second-order valence-electron chi connectivity index (χ2n) is 6.23. The molecule has 0 aromatic heterocycles. The van der Waals surface area contributed by atoms with Crippen molar-refractivity contribution in [3.05, 3.63) is 28.2 Å². The first-order valence-corrected chi connectivity index (χ1v) is 8.58. The van der Waals surface area contributed by atoms with Gasteiger partial charge in [0.25, 0.3) is 0 Å². The number of halogens is 1. The summed E-state index contributed by atoms with van der Waals surface area (Å²) in [5.41, 5.74) is 2.02. The number of amides is 1. The summed E-state index contributed by atoms with van der Waals surface area (Å²) in [6.07, 6.45) is 6.70. The molecule has 4 heteroatoms. The third-order valence-electron chi connectivity index (χ3n) is 4.11. The lowest BCUT2D eigenvalue weighted by Gasteiger charge is -2.26. The van der Waals surface area contributed by atoms with E-state index in [4.69, 9.17) is 0 Å². The van der Waals surface area contributed by atoms with Gasteiger partial charge in [-0.1, -0.05) is 25.3 Å². The largest absolute Gasteiger partial charge is 0.324 e. The van der Waals surface area contributed by atoms with E-state index in [2.05, 4.69) is 26.1 Å². The third-order valence-corrected chi connectivity index (χ3v) is 4.76. The summed E-state index contributed by atoms with van der Waals surface area (Å²) in [4.78, 5) is 14.3. The summed E-state index contributed by atoms with van der Waals surface area (Å²) in [6.45, 7) is 3.52. The van der Waals surface area contributed by atoms with Crippen molar-refractivity contribution in [2.75, 3.05) is 25.5 Å². The summed E-state index contributed by atoms with van der Waals surface area (Å²) in [6, 6.07) is 5.96. The van der Waals surface area contributed by atoms with Crippen molar-refractivity contribution in [2.24, 2.45) is 5.92 Å². The van der Waals surface area contributed by atoms with Gasteiger partial charge in [-0.2, -0.15) is 0 Å². The van der Waals surface area contributed by atoms with Crippen LogP contribution in [0.5, 0.6) is 0 Å². The van der Waals surface area contributed by atoms with E-state index in [0.29, 0.717) is 6.54 Å². The Morgan fingerprint density at radius 3 is 2.71 bits per heavy atom. The molecule has 0 saturated heterocycles. The standard InChI is InChI=1S/C17H25BrN2O/c1-13-8-9-16(15(18)10-13)19-17(21)12-20(2)11-14-6-4-3-5-7-14/h8-10,14H,3-7,11-12H2,1-2H3,(H,19,21). The van der Waals surface area contributed by atoms with E-state index in [1.807, 2.05) is 32.2 Å². The number of nitrogens with zero attached hydrogens (tertiary/aromatic N) is 1. The molecule has 0 atom stereocenters. The number of hydrogen-bond acceptors (Lipinski definition) is 2. The number of anilines is 1. The molecule has 1 saturated carbocycles. The van der Waals surface area contributed by atoms with E-state index in [0.717, 1.165) is 22.6 Å². The van der Waals surface area contributed by atoms with Crippen LogP contribution in [0.2, 0.25) is 0 Å². The third kappa shape index (κ3) is 5.44. The van der Waals surface area contributed by atoms with Crippen LogP contribution in [0.4, 0.5) is 5.69 Å². The number of hydrogen-bond donors (Lipinski definition) is 1. The van der Waals surface area contributed by atoms with Gasteiger partial charge in [-0.25, -0.2) is 0 Å². The number of nitrogens with one attached hydrogen (secondary N) is 1. The fourth-order valence-electron chi connectivity index (χ4n) is 3.03. The lowest BCUT2D eigenvalue weighted by atomic mass is 9.89. The number of rotatable bonds is 5. The zero-order valence-corrected chi connectivity index (χ0v) is 14.6. The molecule has 116 valence electrons. The maximum Gasteiger partial charge on any atom is 0.238 e. The Kier molecular flexibility index (Phi) is 6.24. The zero-order chi connectivity index (χ0) is 15.2. The minimum absolute atomic E-state index is 0.0536. The molecule has 1 aromatic carbocycles. The van der Waals surface area contributed by atoms with Gasteiger partial charge < -0.3 is 5.32 Å². The van der Waals surface area contributed by atoms with Gasteiger partial charge >= 0.3 is 0 Å². The molecule has 0 radical (unpaired) electrons. The zero-order valence-electron chi connectivity index (χ0n) is 13.0. The topological polar surface area (TPSA) is 32.3 Å². The SMILES string of the molecule is Cc1ccc(NC(=O)CN(C)CC2CCCCC2)c(Br)c1. The van der Waals surface area contributed by atoms with Gasteiger partial charge in [0.1, 0.15) is 0 Å². The van der Waals surface area contributed by atoms with Gasteiger partial charge in [0.2, 0.25) is 5.91 Å². The van der Waals surface area contributed by atoms with Crippen LogP contribution in [-0.4, -0.2) is 30.9 Å². The number of likely N-dealkylation sites (N-methyl/N-ethyl adjacent to an activating group) is 1. The highest BCUT2D eigenvalue weighted by molar-refractivity contribution is 9.10. The average Bonchev–Trinajstić information content (AvgIpc) is 2.43. The quantitative estimate of drug-likeness (QED) is 0.860. The highest BCUT2D eigenvalue weighted by atomic mass is 79.9. The molecule has 21 heavy (non-hydrogen) atoms. The van der Waals surface area contributed by atoms with E-state index in [1.54, 1.807) is 0 Å². The second kappa shape index (κ2) is 7.95. The van der Waals surface area contributed by atoms with Crippen molar-refractivity contribution < 1.29 is 4.79 Å². The fraction of sp³-hybridized carbons (Fsp3) is 0.588. The van der Waals surface area contributed by atoms with Crippen LogP contribution < -0.4 is 5.32 Å². The summed E-state index contributed by atoms with van der Waals surface area (Å²) < 4.78 is 0.936. The van der Waals surface area contributed by atoms with Crippen molar-refractivity contribution in [2.45, 2.75) is 39.0 Å². The van der Waals surface area contributed by atoms with Crippen molar-refractivity contribution in [3.63, 3.8) is 0 Å². The predicted molar refractivity (Wildman–Crippen MR) is 91.6 cm³/mol. The smallest absolute Gasteiger partial charge is 0.238 e. The molecule has 1 aliphatic rings. The van der Waals surface area contributed by atoms with Gasteiger partial charge in [-0.05, 0) is 66.4 Å². The van der Waals surface area contributed by atoms with E-state index in [-0.39, 0.29) is 5.91 Å². The predicted octanol–water partition coefficient (Wildman–Crippen LogP) is 4.21. The van der Waals surface area contributed by atoms with Gasteiger partial charge in [-0.15, -0.1) is 0 Å². The highest BCUT2D eigenvalue weighted by Crippen LogP contribution is 2.25. The van der Waals surface area contributed by atoms with Crippen molar-refractivity contribution in [1.82, 2.24) is 4.90 Å². The minimum atomic E-state index is 0.0536. The molecule has 0 aliphatic heterocycles. The molecule has 0 heterocycles. The molecule has 1 fully saturated rings. The van der Waals surface area contributed by atoms with Crippen LogP contribution in [-0.2, 0) is 4.79 Å². The minimum Gasteiger partial charge on any atom is -0.324 e. The Hall–Kier alpha value is -0.870. The maximum absolute atomic E-state index is 12.1. The molecule has 1 N–H and O–H groups in total. The summed E-state index contributed by atoms with van der Waals surface area (Å²) in [7, 11) is 2.04. The molecular formula is C17H25BrN2O. The first kappa shape index (κ1) is 16.5. The molecule has 0 spiro atoms. The molecule has 0 unspecified atom stereocenters. The Balaban J connectivity index is 1.80. The molecule has 0 bridgehead atoms. The summed E-state index contributed by atoms with van der Waals surface area (Å²) in [5, 5.41) is 2.98. The van der Waals surface area contributed by atoms with Gasteiger partial charge in [0, 0.05) is 11.0 Å². The van der Waals surface area contributed by atoms with E-state index in [1.165, 1.54) is 37.7 Å². The van der Waals surface area contributed by atoms with Crippen LogP contribution in [0.15, 0.2) is 22.7 Å². The van der Waals surface area contributed by atoms with Crippen LogP contribution >= 0.6 is 15.9 Å². The van der Waals surface area contributed by atoms with Gasteiger partial charge in [0.15, 0.2) is 0 Å². The van der Waals surface area contributed by atoms with E-state index in [9.17, 15) is 4.79 Å². The number of aryl methyl sites for hydroxylation is 1. The molecule has 1 amide bonds. The number of carbonyl (C=O) groups excluding carboxylic acids is 1. The van der Waals surface area contributed by atoms with Crippen LogP contribution in [0.1, 0.15) is 37.7 Å². The van der Waals surface area contributed by atoms with Crippen LogP contribution in [0.25, 0.3) is 0 Å². The first-order chi connectivity index (χ1) is 10.0. The Labute approximate surface area is 136 Å². The van der Waals surface area contributed by atoms with E-state index >= 15 is 0 Å². The lowest BCUT2D eigenvalue weighted by molar-refractivity contribution is -0.117. The molecule has 3 nitrogen and oxygen atoms in total. The average molecular weight is 353 g/mol. The molecule has 1 aliphatic carbocycles. The fourth-order valence-corrected chi connectivity index (χ4v) is 3.62. The maximum atomic E-state index is 12.1.